The molecule has 0 aliphatic heterocycles. The smallest absolute Gasteiger partial charge is 0.381 e. The number of ether oxygens (including phenoxy) is 1. The fourth-order valence-electron chi connectivity index (χ4n) is 4.19. The maximum absolute atomic E-state index is 12.1. The number of halogens is 3. The highest BCUT2D eigenvalue weighted by Crippen LogP contribution is 2.36. The van der Waals surface area contributed by atoms with Crippen molar-refractivity contribution < 1.29 is 17.9 Å². The van der Waals surface area contributed by atoms with Gasteiger partial charge in [0.15, 0.2) is 0 Å². The molecule has 2 N–H and O–H groups in total. The van der Waals surface area contributed by atoms with Gasteiger partial charge in [0.2, 0.25) is 0 Å². The predicted molar refractivity (Wildman–Crippen MR) is 92.6 cm³/mol. The highest BCUT2D eigenvalue weighted by molar-refractivity contribution is 5.36. The molecule has 0 bridgehead atoms. The monoisotopic (exact) mass is 355 g/mol. The average molecular weight is 355 g/mol. The van der Waals surface area contributed by atoms with E-state index < -0.39 is 12.6 Å². The standard InChI is InChI=1S/C20H28F3NO/c21-20(22,23)8-1-9-25-13-14-2-3-16-11-17(5-4-15(16)10-14)18-6-7-19(24)12-18/h4-5,11,14,18-19H,1-3,6-10,12-13,24H2. The Bertz CT molecular complexity index is 573. The molecule has 140 valence electrons. The van der Waals surface area contributed by atoms with Gasteiger partial charge in [0, 0.05) is 25.7 Å². The molecule has 0 aromatic heterocycles. The molecule has 2 nitrogen and oxygen atoms in total. The number of rotatable bonds is 6. The van der Waals surface area contributed by atoms with Crippen LogP contribution in [0, 0.1) is 5.92 Å². The zero-order valence-electron chi connectivity index (χ0n) is 14.7. The summed E-state index contributed by atoms with van der Waals surface area (Å²) < 4.78 is 41.8. The topological polar surface area (TPSA) is 35.2 Å². The summed E-state index contributed by atoms with van der Waals surface area (Å²) in [6.07, 6.45) is 1.69. The number of fused-ring (bicyclic) bond motifs is 1. The minimum Gasteiger partial charge on any atom is -0.381 e. The van der Waals surface area contributed by atoms with Gasteiger partial charge in [0.1, 0.15) is 0 Å². The Kier molecular flexibility index (Phi) is 6.05. The van der Waals surface area contributed by atoms with E-state index in [1.807, 2.05) is 0 Å². The van der Waals surface area contributed by atoms with Crippen molar-refractivity contribution in [2.24, 2.45) is 11.7 Å². The molecule has 0 amide bonds. The van der Waals surface area contributed by atoms with Crippen molar-refractivity contribution in [3.8, 4) is 0 Å². The molecule has 2 aliphatic carbocycles. The lowest BCUT2D eigenvalue weighted by Gasteiger charge is -2.26. The van der Waals surface area contributed by atoms with Gasteiger partial charge in [-0.3, -0.25) is 0 Å². The summed E-state index contributed by atoms with van der Waals surface area (Å²) in [5, 5.41) is 0. The number of hydrogen-bond donors (Lipinski definition) is 1. The van der Waals surface area contributed by atoms with Crippen LogP contribution in [0.2, 0.25) is 0 Å². The van der Waals surface area contributed by atoms with Crippen LogP contribution in [0.15, 0.2) is 18.2 Å². The lowest BCUT2D eigenvalue weighted by molar-refractivity contribution is -0.138. The highest BCUT2D eigenvalue weighted by Gasteiger charge is 2.27. The zero-order chi connectivity index (χ0) is 17.9. The van der Waals surface area contributed by atoms with Crippen LogP contribution in [0.5, 0.6) is 0 Å². The summed E-state index contributed by atoms with van der Waals surface area (Å²) in [5.41, 5.74) is 10.3. The molecule has 1 aromatic carbocycles. The van der Waals surface area contributed by atoms with E-state index in [9.17, 15) is 13.2 Å². The van der Waals surface area contributed by atoms with Gasteiger partial charge in [-0.2, -0.15) is 13.2 Å². The molecule has 3 unspecified atom stereocenters. The summed E-state index contributed by atoms with van der Waals surface area (Å²) in [7, 11) is 0. The fraction of sp³-hybridized carbons (Fsp3) is 0.700. The van der Waals surface area contributed by atoms with Gasteiger partial charge < -0.3 is 10.5 Å². The summed E-state index contributed by atoms with van der Waals surface area (Å²) in [6, 6.07) is 7.19. The third-order valence-corrected chi connectivity index (χ3v) is 5.61. The summed E-state index contributed by atoms with van der Waals surface area (Å²) in [6.45, 7) is 0.764. The molecule has 1 fully saturated rings. The van der Waals surface area contributed by atoms with Crippen molar-refractivity contribution in [1.29, 1.82) is 0 Å². The van der Waals surface area contributed by atoms with Gasteiger partial charge in [0.25, 0.3) is 0 Å². The van der Waals surface area contributed by atoms with Gasteiger partial charge in [0.05, 0.1) is 0 Å². The van der Waals surface area contributed by atoms with Crippen molar-refractivity contribution in [2.45, 2.75) is 69.5 Å². The molecule has 0 spiro atoms. The first-order valence-electron chi connectivity index (χ1n) is 9.42. The van der Waals surface area contributed by atoms with E-state index in [1.54, 1.807) is 0 Å². The molecule has 1 aromatic rings. The van der Waals surface area contributed by atoms with Crippen LogP contribution >= 0.6 is 0 Å². The van der Waals surface area contributed by atoms with Crippen LogP contribution in [0.4, 0.5) is 13.2 Å². The maximum atomic E-state index is 12.1. The van der Waals surface area contributed by atoms with E-state index in [2.05, 4.69) is 18.2 Å². The van der Waals surface area contributed by atoms with E-state index in [0.29, 0.717) is 24.5 Å². The summed E-state index contributed by atoms with van der Waals surface area (Å²) in [4.78, 5) is 0. The van der Waals surface area contributed by atoms with Crippen molar-refractivity contribution in [3.05, 3.63) is 34.9 Å². The first-order chi connectivity index (χ1) is 11.9. The number of nitrogens with two attached hydrogens (primary N) is 1. The van der Waals surface area contributed by atoms with Crippen molar-refractivity contribution >= 4 is 0 Å². The van der Waals surface area contributed by atoms with Gasteiger partial charge >= 0.3 is 6.18 Å². The van der Waals surface area contributed by atoms with Crippen LogP contribution in [0.25, 0.3) is 0 Å². The van der Waals surface area contributed by atoms with Crippen molar-refractivity contribution in [3.63, 3.8) is 0 Å². The molecular weight excluding hydrogens is 327 g/mol. The third kappa shape index (κ3) is 5.45. The number of hydrogen-bond acceptors (Lipinski definition) is 2. The Labute approximate surface area is 147 Å². The molecule has 3 rings (SSSR count). The quantitative estimate of drug-likeness (QED) is 0.748. The fourth-order valence-corrected chi connectivity index (χ4v) is 4.19. The van der Waals surface area contributed by atoms with Crippen LogP contribution in [-0.4, -0.2) is 25.4 Å². The van der Waals surface area contributed by atoms with Crippen LogP contribution in [0.1, 0.15) is 61.1 Å². The zero-order valence-corrected chi connectivity index (χ0v) is 14.7. The molecule has 1 saturated carbocycles. The largest absolute Gasteiger partial charge is 0.389 e. The van der Waals surface area contributed by atoms with E-state index in [-0.39, 0.29) is 13.0 Å². The second-order valence-corrected chi connectivity index (χ2v) is 7.70. The predicted octanol–water partition coefficient (Wildman–Crippen LogP) is 4.75. The minimum absolute atomic E-state index is 0.0553. The molecule has 25 heavy (non-hydrogen) atoms. The van der Waals surface area contributed by atoms with Crippen LogP contribution in [0.3, 0.4) is 0 Å². The molecular formula is C20H28F3NO. The normalized spacial score (nSPS) is 26.6. The highest BCUT2D eigenvalue weighted by atomic mass is 19.4. The number of benzene rings is 1. The first kappa shape index (κ1) is 18.7. The maximum Gasteiger partial charge on any atom is 0.389 e. The Hall–Kier alpha value is -1.07. The second-order valence-electron chi connectivity index (χ2n) is 7.70. The minimum atomic E-state index is -4.08. The Balaban J connectivity index is 1.46. The van der Waals surface area contributed by atoms with Gasteiger partial charge in [-0.25, -0.2) is 0 Å². The Morgan fingerprint density at radius 2 is 1.96 bits per heavy atom. The lowest BCUT2D eigenvalue weighted by atomic mass is 9.82. The molecule has 2 aliphatic rings. The molecule has 0 heterocycles. The van der Waals surface area contributed by atoms with Gasteiger partial charge in [-0.05, 0) is 73.5 Å². The van der Waals surface area contributed by atoms with E-state index in [1.165, 1.54) is 23.1 Å². The SMILES string of the molecule is NC1CCC(c2ccc3c(c2)CCC(COCCCC(F)(F)F)C3)C1. The van der Waals surface area contributed by atoms with Crippen molar-refractivity contribution in [2.75, 3.05) is 13.2 Å². The van der Waals surface area contributed by atoms with Crippen molar-refractivity contribution in [1.82, 2.24) is 0 Å². The first-order valence-corrected chi connectivity index (χ1v) is 9.42. The Morgan fingerprint density at radius 1 is 1.12 bits per heavy atom. The summed E-state index contributed by atoms with van der Waals surface area (Å²) in [5.74, 6) is 1.03. The van der Waals surface area contributed by atoms with Crippen LogP contribution in [-0.2, 0) is 17.6 Å². The summed E-state index contributed by atoms with van der Waals surface area (Å²) >= 11 is 0. The molecule has 0 radical (unpaired) electrons. The van der Waals surface area contributed by atoms with Gasteiger partial charge in [-0.1, -0.05) is 18.2 Å². The second kappa shape index (κ2) is 8.09. The number of aryl methyl sites for hydroxylation is 1. The molecule has 3 atom stereocenters. The molecule has 5 heteroatoms. The lowest BCUT2D eigenvalue weighted by Crippen LogP contribution is -2.20. The average Bonchev–Trinajstić information content (AvgIpc) is 2.99. The van der Waals surface area contributed by atoms with E-state index in [0.717, 1.165) is 32.1 Å². The third-order valence-electron chi connectivity index (χ3n) is 5.61. The number of alkyl halides is 3. The Morgan fingerprint density at radius 3 is 2.68 bits per heavy atom. The van der Waals surface area contributed by atoms with E-state index >= 15 is 0 Å². The van der Waals surface area contributed by atoms with Gasteiger partial charge in [-0.15, -0.1) is 0 Å². The molecule has 0 saturated heterocycles. The van der Waals surface area contributed by atoms with E-state index in [4.69, 9.17) is 10.5 Å². The van der Waals surface area contributed by atoms with Crippen LogP contribution < -0.4 is 5.73 Å².